The van der Waals surface area contributed by atoms with Crippen LogP contribution < -0.4 is 0 Å². The Morgan fingerprint density at radius 1 is 1.36 bits per heavy atom. The normalized spacial score (nSPS) is 11.4. The third-order valence-electron chi connectivity index (χ3n) is 1.91. The number of halogens is 3. The third kappa shape index (κ3) is 1.50. The largest absolute Gasteiger partial charge is 0.506 e. The van der Waals surface area contributed by atoms with Crippen molar-refractivity contribution in [1.29, 1.82) is 0 Å². The van der Waals surface area contributed by atoms with E-state index >= 15 is 0 Å². The minimum absolute atomic E-state index is 0.0550. The van der Waals surface area contributed by atoms with Crippen molar-refractivity contribution in [3.63, 3.8) is 0 Å². The lowest BCUT2D eigenvalue weighted by Crippen LogP contribution is -1.85. The van der Waals surface area contributed by atoms with Crippen LogP contribution in [0.3, 0.4) is 0 Å². The second-order valence-electron chi connectivity index (χ2n) is 2.79. The van der Waals surface area contributed by atoms with Crippen LogP contribution in [0.4, 0.5) is 8.78 Å². The number of aromatic hydroxyl groups is 1. The summed E-state index contributed by atoms with van der Waals surface area (Å²) in [5, 5.41) is 11.4. The number of hydrogen-bond donors (Lipinski definition) is 1. The van der Waals surface area contributed by atoms with Crippen LogP contribution in [0.15, 0.2) is 22.0 Å². The topological polar surface area (TPSA) is 20.2 Å². The Morgan fingerprint density at radius 2 is 2.07 bits per heavy atom. The number of benzene rings is 1. The molecule has 0 aliphatic rings. The van der Waals surface area contributed by atoms with Gasteiger partial charge in [-0.25, -0.2) is 8.78 Å². The van der Waals surface area contributed by atoms with Gasteiger partial charge < -0.3 is 5.11 Å². The zero-order valence-corrected chi connectivity index (χ0v) is 9.20. The average molecular weight is 279 g/mol. The Morgan fingerprint density at radius 3 is 2.71 bits per heavy atom. The maximum absolute atomic E-state index is 12.5. The van der Waals surface area contributed by atoms with Crippen molar-refractivity contribution in [2.45, 2.75) is 6.43 Å². The first kappa shape index (κ1) is 9.86. The van der Waals surface area contributed by atoms with E-state index in [1.54, 1.807) is 6.07 Å². The second-order valence-corrected chi connectivity index (χ2v) is 4.56. The van der Waals surface area contributed by atoms with Crippen LogP contribution in [0.2, 0.25) is 0 Å². The lowest BCUT2D eigenvalue weighted by Gasteiger charge is -2.03. The number of fused-ring (bicyclic) bond motifs is 1. The van der Waals surface area contributed by atoms with Crippen molar-refractivity contribution in [3.8, 4) is 5.75 Å². The fraction of sp³-hybridized carbons (Fsp3) is 0.111. The quantitative estimate of drug-likeness (QED) is 0.824. The molecule has 1 aromatic carbocycles. The number of alkyl halides is 2. The van der Waals surface area contributed by atoms with E-state index in [1.807, 2.05) is 0 Å². The summed E-state index contributed by atoms with van der Waals surface area (Å²) in [7, 11) is 0. The summed E-state index contributed by atoms with van der Waals surface area (Å²) >= 11 is 4.40. The molecule has 1 heterocycles. The minimum Gasteiger partial charge on any atom is -0.506 e. The van der Waals surface area contributed by atoms with Gasteiger partial charge >= 0.3 is 0 Å². The second kappa shape index (κ2) is 3.47. The SMILES string of the molecule is Oc1csc2cc(Br)c(C(F)F)cc12. The summed E-state index contributed by atoms with van der Waals surface area (Å²) in [6.07, 6.45) is -2.53. The van der Waals surface area contributed by atoms with Gasteiger partial charge in [0.2, 0.25) is 0 Å². The lowest BCUT2D eigenvalue weighted by atomic mass is 10.1. The molecular weight excluding hydrogens is 274 g/mol. The Balaban J connectivity index is 2.74. The molecule has 1 aromatic heterocycles. The van der Waals surface area contributed by atoms with Gasteiger partial charge in [-0.05, 0) is 12.1 Å². The molecule has 74 valence electrons. The average Bonchev–Trinajstić information content (AvgIpc) is 2.46. The third-order valence-corrected chi connectivity index (χ3v) is 3.53. The molecule has 0 bridgehead atoms. The van der Waals surface area contributed by atoms with Crippen LogP contribution in [0.5, 0.6) is 5.75 Å². The maximum atomic E-state index is 12.5. The Bertz CT molecular complexity index is 481. The van der Waals surface area contributed by atoms with E-state index in [1.165, 1.54) is 22.8 Å². The molecule has 0 unspecified atom stereocenters. The molecule has 1 N–H and O–H groups in total. The van der Waals surface area contributed by atoms with Crippen LogP contribution in [0, 0.1) is 0 Å². The molecule has 0 saturated heterocycles. The summed E-state index contributed by atoms with van der Waals surface area (Å²) < 4.78 is 26.1. The monoisotopic (exact) mass is 278 g/mol. The molecule has 0 radical (unpaired) electrons. The van der Waals surface area contributed by atoms with Gasteiger partial charge in [-0.2, -0.15) is 0 Å². The van der Waals surface area contributed by atoms with E-state index in [2.05, 4.69) is 15.9 Å². The molecule has 0 amide bonds. The summed E-state index contributed by atoms with van der Waals surface area (Å²) in [5.41, 5.74) is -0.0915. The van der Waals surface area contributed by atoms with E-state index < -0.39 is 6.43 Å². The van der Waals surface area contributed by atoms with Crippen LogP contribution in [0.25, 0.3) is 10.1 Å². The van der Waals surface area contributed by atoms with Gasteiger partial charge in [-0.3, -0.25) is 0 Å². The van der Waals surface area contributed by atoms with Gasteiger partial charge in [-0.15, -0.1) is 11.3 Å². The van der Waals surface area contributed by atoms with Gasteiger partial charge in [0.15, 0.2) is 0 Å². The standard InChI is InChI=1S/C9H5BrF2OS/c10-6-2-8-5(7(13)3-14-8)1-4(6)9(11)12/h1-3,9,13H. The minimum atomic E-state index is -2.53. The van der Waals surface area contributed by atoms with Crippen molar-refractivity contribution in [2.24, 2.45) is 0 Å². The summed E-state index contributed by atoms with van der Waals surface area (Å²) in [4.78, 5) is 0. The van der Waals surface area contributed by atoms with Crippen LogP contribution in [0.1, 0.15) is 12.0 Å². The molecule has 0 atom stereocenters. The fourth-order valence-corrected chi connectivity index (χ4v) is 2.73. The van der Waals surface area contributed by atoms with Crippen molar-refractivity contribution in [1.82, 2.24) is 0 Å². The zero-order valence-electron chi connectivity index (χ0n) is 6.80. The molecule has 0 saturated carbocycles. The first-order chi connectivity index (χ1) is 6.59. The molecule has 1 nitrogen and oxygen atoms in total. The highest BCUT2D eigenvalue weighted by molar-refractivity contribution is 9.10. The van der Waals surface area contributed by atoms with Crippen LogP contribution in [-0.4, -0.2) is 5.11 Å². The van der Waals surface area contributed by atoms with Gasteiger partial charge in [0, 0.05) is 25.5 Å². The molecule has 2 rings (SSSR count). The van der Waals surface area contributed by atoms with Crippen molar-refractivity contribution < 1.29 is 13.9 Å². The highest BCUT2D eigenvalue weighted by Crippen LogP contribution is 2.38. The first-order valence-electron chi connectivity index (χ1n) is 3.77. The van der Waals surface area contributed by atoms with Crippen LogP contribution >= 0.6 is 27.3 Å². The van der Waals surface area contributed by atoms with Crippen molar-refractivity contribution in [3.05, 3.63) is 27.5 Å². The summed E-state index contributed by atoms with van der Waals surface area (Å²) in [6.45, 7) is 0. The predicted molar refractivity (Wildman–Crippen MR) is 56.1 cm³/mol. The molecule has 5 heteroatoms. The highest BCUT2D eigenvalue weighted by atomic mass is 79.9. The van der Waals surface area contributed by atoms with Gasteiger partial charge in [0.1, 0.15) is 5.75 Å². The van der Waals surface area contributed by atoms with Crippen molar-refractivity contribution in [2.75, 3.05) is 0 Å². The van der Waals surface area contributed by atoms with E-state index in [0.717, 1.165) is 4.70 Å². The van der Waals surface area contributed by atoms with Gasteiger partial charge in [0.05, 0.1) is 0 Å². The molecule has 0 aliphatic heterocycles. The number of rotatable bonds is 1. The summed E-state index contributed by atoms with van der Waals surface area (Å²) in [5.74, 6) is 0.0550. The van der Waals surface area contributed by atoms with Crippen molar-refractivity contribution >= 4 is 37.4 Å². The molecule has 2 aromatic rings. The smallest absolute Gasteiger partial charge is 0.264 e. The Labute approximate surface area is 91.1 Å². The molecule has 14 heavy (non-hydrogen) atoms. The number of hydrogen-bond acceptors (Lipinski definition) is 2. The van der Waals surface area contributed by atoms with E-state index in [0.29, 0.717) is 9.86 Å². The zero-order chi connectivity index (χ0) is 10.3. The lowest BCUT2D eigenvalue weighted by molar-refractivity contribution is 0.150. The molecule has 0 aliphatic carbocycles. The Hall–Kier alpha value is -0.680. The highest BCUT2D eigenvalue weighted by Gasteiger charge is 2.14. The first-order valence-corrected chi connectivity index (χ1v) is 5.44. The predicted octanol–water partition coefficient (Wildman–Crippen LogP) is 4.31. The summed E-state index contributed by atoms with van der Waals surface area (Å²) in [6, 6.07) is 2.91. The van der Waals surface area contributed by atoms with Crippen LogP contribution in [-0.2, 0) is 0 Å². The van der Waals surface area contributed by atoms with Gasteiger partial charge in [0.25, 0.3) is 6.43 Å². The van der Waals surface area contributed by atoms with E-state index in [-0.39, 0.29) is 11.3 Å². The fourth-order valence-electron chi connectivity index (χ4n) is 1.22. The molecular formula is C9H5BrF2OS. The van der Waals surface area contributed by atoms with Gasteiger partial charge in [-0.1, -0.05) is 15.9 Å². The Kier molecular flexibility index (Phi) is 2.45. The van der Waals surface area contributed by atoms with E-state index in [4.69, 9.17) is 0 Å². The number of thiophene rings is 1. The molecule has 0 spiro atoms. The van der Waals surface area contributed by atoms with E-state index in [9.17, 15) is 13.9 Å². The maximum Gasteiger partial charge on any atom is 0.264 e. The molecule has 0 fully saturated rings.